The highest BCUT2D eigenvalue weighted by atomic mass is 32.2. The van der Waals surface area contributed by atoms with E-state index in [0.717, 1.165) is 37.1 Å². The molecule has 1 saturated carbocycles. The molecule has 0 unspecified atom stereocenters. The minimum Gasteiger partial charge on any atom is -0.328 e. The van der Waals surface area contributed by atoms with Crippen LogP contribution in [0.3, 0.4) is 0 Å². The van der Waals surface area contributed by atoms with Crippen molar-refractivity contribution >= 4 is 39.4 Å². The van der Waals surface area contributed by atoms with Crippen LogP contribution in [0.5, 0.6) is 0 Å². The molecule has 5 rings (SSSR count). The second-order valence-electron chi connectivity index (χ2n) is 9.40. The molecule has 0 bridgehead atoms. The van der Waals surface area contributed by atoms with Crippen LogP contribution in [0.4, 0.5) is 10.5 Å². The van der Waals surface area contributed by atoms with Crippen molar-refractivity contribution in [2.24, 2.45) is 10.3 Å². The SMILES string of the molecule is CC1CCC2(CC1)NC(=O)N(NC(=O)c1ccc3c(c1)S(=O)(=O)N=C1CCCCCN13)C2=O. The first-order chi connectivity index (χ1) is 15.7. The van der Waals surface area contributed by atoms with Crippen LogP contribution in [0.25, 0.3) is 0 Å². The van der Waals surface area contributed by atoms with Crippen molar-refractivity contribution in [2.75, 3.05) is 11.4 Å². The quantitative estimate of drug-likeness (QED) is 0.635. The van der Waals surface area contributed by atoms with E-state index < -0.39 is 33.4 Å². The number of hydrazine groups is 1. The Morgan fingerprint density at radius 2 is 1.94 bits per heavy atom. The summed E-state index contributed by atoms with van der Waals surface area (Å²) in [6, 6.07) is 3.69. The van der Waals surface area contributed by atoms with Crippen LogP contribution in [0.15, 0.2) is 27.5 Å². The molecule has 1 aromatic carbocycles. The second-order valence-corrected chi connectivity index (χ2v) is 11.0. The lowest BCUT2D eigenvalue weighted by molar-refractivity contribution is -0.134. The van der Waals surface area contributed by atoms with Crippen LogP contribution >= 0.6 is 0 Å². The number of urea groups is 1. The van der Waals surface area contributed by atoms with Crippen molar-refractivity contribution < 1.29 is 22.8 Å². The summed E-state index contributed by atoms with van der Waals surface area (Å²) < 4.78 is 29.6. The van der Waals surface area contributed by atoms with Gasteiger partial charge in [-0.05, 0) is 62.6 Å². The number of fused-ring (bicyclic) bond motifs is 3. The van der Waals surface area contributed by atoms with Gasteiger partial charge in [0.05, 0.1) is 5.69 Å². The standard InChI is InChI=1S/C22H27N5O5S/c1-14-8-10-22(11-9-14)20(29)27(21(30)23-22)24-19(28)15-6-7-16-17(13-15)33(31,32)25-18-5-3-2-4-12-26(16)18/h6-7,13-14H,2-5,8-12H2,1H3,(H,23,30)(H,24,28). The Morgan fingerprint density at radius 1 is 1.18 bits per heavy atom. The van der Waals surface area contributed by atoms with Gasteiger partial charge in [0.2, 0.25) is 0 Å². The van der Waals surface area contributed by atoms with Gasteiger partial charge in [-0.1, -0.05) is 13.3 Å². The van der Waals surface area contributed by atoms with Gasteiger partial charge in [-0.2, -0.15) is 13.4 Å². The van der Waals surface area contributed by atoms with E-state index in [2.05, 4.69) is 22.1 Å². The Balaban J connectivity index is 1.39. The summed E-state index contributed by atoms with van der Waals surface area (Å²) in [6.07, 6.45) is 6.08. The van der Waals surface area contributed by atoms with E-state index in [1.807, 2.05) is 4.90 Å². The molecule has 4 amide bonds. The number of hydrogen-bond acceptors (Lipinski definition) is 6. The zero-order valence-corrected chi connectivity index (χ0v) is 19.3. The molecule has 1 spiro atoms. The van der Waals surface area contributed by atoms with E-state index >= 15 is 0 Å². The topological polar surface area (TPSA) is 128 Å². The lowest BCUT2D eigenvalue weighted by Gasteiger charge is -2.33. The number of rotatable bonds is 2. The van der Waals surface area contributed by atoms with E-state index in [9.17, 15) is 22.8 Å². The monoisotopic (exact) mass is 473 g/mol. The maximum atomic E-state index is 13.0. The first-order valence-corrected chi connectivity index (χ1v) is 12.9. The van der Waals surface area contributed by atoms with Crippen LogP contribution in [0, 0.1) is 5.92 Å². The third-order valence-electron chi connectivity index (χ3n) is 7.11. The van der Waals surface area contributed by atoms with Crippen LogP contribution in [-0.2, 0) is 14.8 Å². The van der Waals surface area contributed by atoms with Crippen molar-refractivity contribution in [1.29, 1.82) is 0 Å². The largest absolute Gasteiger partial charge is 0.344 e. The van der Waals surface area contributed by atoms with Gasteiger partial charge in [-0.3, -0.25) is 15.0 Å². The minimum absolute atomic E-state index is 0.0320. The van der Waals surface area contributed by atoms with E-state index in [0.29, 0.717) is 43.2 Å². The highest BCUT2D eigenvalue weighted by Crippen LogP contribution is 2.37. The van der Waals surface area contributed by atoms with E-state index in [1.54, 1.807) is 6.07 Å². The summed E-state index contributed by atoms with van der Waals surface area (Å²) in [4.78, 5) is 40.3. The summed E-state index contributed by atoms with van der Waals surface area (Å²) in [7, 11) is -3.95. The Morgan fingerprint density at radius 3 is 2.70 bits per heavy atom. The van der Waals surface area contributed by atoms with Gasteiger partial charge in [-0.15, -0.1) is 4.40 Å². The summed E-state index contributed by atoms with van der Waals surface area (Å²) in [5.74, 6) is -0.196. The summed E-state index contributed by atoms with van der Waals surface area (Å²) in [5, 5.41) is 3.47. The molecule has 0 atom stereocenters. The normalized spacial score (nSPS) is 28.5. The molecule has 0 radical (unpaired) electrons. The Hall–Kier alpha value is -2.95. The maximum absolute atomic E-state index is 13.0. The van der Waals surface area contributed by atoms with Gasteiger partial charge in [0.15, 0.2) is 0 Å². The van der Waals surface area contributed by atoms with Gasteiger partial charge in [0.1, 0.15) is 16.3 Å². The minimum atomic E-state index is -3.95. The number of carbonyl (C=O) groups excluding carboxylic acids is 3. The molecule has 3 heterocycles. The molecular weight excluding hydrogens is 446 g/mol. The van der Waals surface area contributed by atoms with Crippen molar-refractivity contribution in [2.45, 2.75) is 68.7 Å². The van der Waals surface area contributed by atoms with E-state index in [1.165, 1.54) is 12.1 Å². The van der Waals surface area contributed by atoms with Crippen molar-refractivity contribution in [1.82, 2.24) is 15.8 Å². The molecule has 1 aliphatic carbocycles. The van der Waals surface area contributed by atoms with Crippen LogP contribution in [-0.4, -0.2) is 49.2 Å². The number of amidine groups is 1. The average Bonchev–Trinajstić information content (AvgIpc) is 2.92. The number of benzene rings is 1. The zero-order chi connectivity index (χ0) is 23.4. The molecule has 10 nitrogen and oxygen atoms in total. The number of sulfonamides is 1. The molecule has 176 valence electrons. The average molecular weight is 474 g/mol. The molecule has 3 aliphatic heterocycles. The summed E-state index contributed by atoms with van der Waals surface area (Å²) in [5.41, 5.74) is 1.92. The van der Waals surface area contributed by atoms with E-state index in [-0.39, 0.29) is 10.5 Å². The zero-order valence-electron chi connectivity index (χ0n) is 18.5. The number of hydrogen-bond donors (Lipinski definition) is 2. The van der Waals surface area contributed by atoms with Gasteiger partial charge in [0, 0.05) is 18.5 Å². The van der Waals surface area contributed by atoms with Crippen LogP contribution < -0.4 is 15.6 Å². The molecule has 33 heavy (non-hydrogen) atoms. The number of carbonyl (C=O) groups is 3. The summed E-state index contributed by atoms with van der Waals surface area (Å²) >= 11 is 0. The van der Waals surface area contributed by atoms with Gasteiger partial charge < -0.3 is 10.2 Å². The molecule has 2 N–H and O–H groups in total. The number of nitrogens with one attached hydrogen (secondary N) is 2. The highest BCUT2D eigenvalue weighted by molar-refractivity contribution is 7.90. The van der Waals surface area contributed by atoms with E-state index in [4.69, 9.17) is 0 Å². The third kappa shape index (κ3) is 3.68. The molecule has 1 aromatic rings. The number of anilines is 1. The first-order valence-electron chi connectivity index (χ1n) is 11.4. The molecule has 0 aromatic heterocycles. The van der Waals surface area contributed by atoms with Crippen molar-refractivity contribution in [3.8, 4) is 0 Å². The number of imide groups is 1. The van der Waals surface area contributed by atoms with Gasteiger partial charge in [-0.25, -0.2) is 4.79 Å². The summed E-state index contributed by atoms with van der Waals surface area (Å²) in [6.45, 7) is 2.77. The first kappa shape index (κ1) is 21.9. The number of nitrogens with zero attached hydrogens (tertiary/aromatic N) is 3. The highest BCUT2D eigenvalue weighted by Gasteiger charge is 2.53. The fraction of sp³-hybridized carbons (Fsp3) is 0.545. The predicted molar refractivity (Wildman–Crippen MR) is 120 cm³/mol. The molecular formula is C22H27N5O5S. The molecule has 2 saturated heterocycles. The second kappa shape index (κ2) is 7.82. The van der Waals surface area contributed by atoms with Gasteiger partial charge >= 0.3 is 6.03 Å². The molecule has 4 aliphatic rings. The molecule has 11 heteroatoms. The fourth-order valence-electron chi connectivity index (χ4n) is 5.10. The Bertz CT molecular complexity index is 1170. The predicted octanol–water partition coefficient (Wildman–Crippen LogP) is 2.31. The lowest BCUT2D eigenvalue weighted by Crippen LogP contribution is -2.51. The van der Waals surface area contributed by atoms with Crippen molar-refractivity contribution in [3.63, 3.8) is 0 Å². The van der Waals surface area contributed by atoms with Crippen LogP contribution in [0.2, 0.25) is 0 Å². The van der Waals surface area contributed by atoms with Crippen LogP contribution in [0.1, 0.15) is 68.6 Å². The Kier molecular flexibility index (Phi) is 5.19. The number of amides is 4. The van der Waals surface area contributed by atoms with Crippen molar-refractivity contribution in [3.05, 3.63) is 23.8 Å². The lowest BCUT2D eigenvalue weighted by atomic mass is 9.77. The fourth-order valence-corrected chi connectivity index (χ4v) is 6.39. The smallest absolute Gasteiger partial charge is 0.328 e. The maximum Gasteiger partial charge on any atom is 0.344 e. The van der Waals surface area contributed by atoms with Gasteiger partial charge in [0.25, 0.3) is 21.8 Å². The third-order valence-corrected chi connectivity index (χ3v) is 8.45. The Labute approximate surface area is 192 Å². The molecule has 3 fully saturated rings.